The number of carbonyl (C=O) groups is 1. The summed E-state index contributed by atoms with van der Waals surface area (Å²) in [7, 11) is 0. The van der Waals surface area contributed by atoms with E-state index >= 15 is 0 Å². The number of hydrogen-bond donors (Lipinski definition) is 2. The second kappa shape index (κ2) is 5.46. The molecule has 0 saturated heterocycles. The number of nitrogens with two attached hydrogens (primary N) is 1. The fraction of sp³-hybridized carbons (Fsp3) is 0.0769. The van der Waals surface area contributed by atoms with Crippen molar-refractivity contribution in [1.29, 1.82) is 0 Å². The summed E-state index contributed by atoms with van der Waals surface area (Å²) in [5.74, 6) is -0.151. The van der Waals surface area contributed by atoms with Gasteiger partial charge in [-0.1, -0.05) is 12.1 Å². The Morgan fingerprint density at radius 2 is 2.22 bits per heavy atom. The van der Waals surface area contributed by atoms with Crippen LogP contribution in [0.4, 0.5) is 5.69 Å². The first-order valence-corrected chi connectivity index (χ1v) is 6.34. The number of guanidine groups is 1. The smallest absolute Gasteiger partial charge is 0.258 e. The number of amides is 1. The third kappa shape index (κ3) is 3.18. The molecular formula is C13H13N3OS. The zero-order valence-corrected chi connectivity index (χ0v) is 10.7. The highest BCUT2D eigenvalue weighted by atomic mass is 32.1. The van der Waals surface area contributed by atoms with E-state index in [9.17, 15) is 4.79 Å². The van der Waals surface area contributed by atoms with Crippen molar-refractivity contribution in [2.75, 3.05) is 0 Å². The summed E-state index contributed by atoms with van der Waals surface area (Å²) in [6.07, 6.45) is 0. The summed E-state index contributed by atoms with van der Waals surface area (Å²) >= 11 is 1.46. The van der Waals surface area contributed by atoms with Crippen LogP contribution in [0.1, 0.15) is 15.9 Å². The van der Waals surface area contributed by atoms with Gasteiger partial charge in [0.2, 0.25) is 5.96 Å². The van der Waals surface area contributed by atoms with Crippen molar-refractivity contribution in [1.82, 2.24) is 5.32 Å². The Labute approximate surface area is 109 Å². The van der Waals surface area contributed by atoms with E-state index in [1.165, 1.54) is 11.3 Å². The Kier molecular flexibility index (Phi) is 3.74. The molecule has 0 aliphatic heterocycles. The van der Waals surface area contributed by atoms with Gasteiger partial charge in [-0.2, -0.15) is 11.3 Å². The molecule has 0 radical (unpaired) electrons. The number of hydrogen-bond acceptors (Lipinski definition) is 3. The largest absolute Gasteiger partial charge is 0.369 e. The number of thiophene rings is 1. The average Bonchev–Trinajstić information content (AvgIpc) is 2.81. The van der Waals surface area contributed by atoms with E-state index in [1.54, 1.807) is 11.4 Å². The second-order valence-electron chi connectivity index (χ2n) is 3.80. The highest BCUT2D eigenvalue weighted by molar-refractivity contribution is 7.08. The molecule has 0 bridgehead atoms. The lowest BCUT2D eigenvalue weighted by Gasteiger charge is -2.03. The lowest BCUT2D eigenvalue weighted by molar-refractivity contribution is 0.0977. The molecule has 1 heterocycles. The molecule has 4 nitrogen and oxygen atoms in total. The van der Waals surface area contributed by atoms with Crippen LogP contribution < -0.4 is 11.1 Å². The SMILES string of the molecule is Cc1cccc(N=C(N)NC(=O)c2ccsc2)c1. The van der Waals surface area contributed by atoms with Crippen LogP contribution >= 0.6 is 11.3 Å². The topological polar surface area (TPSA) is 67.5 Å². The number of nitrogens with one attached hydrogen (secondary N) is 1. The molecule has 2 rings (SSSR count). The first-order valence-electron chi connectivity index (χ1n) is 5.39. The molecule has 18 heavy (non-hydrogen) atoms. The minimum absolute atomic E-state index is 0.0943. The van der Waals surface area contributed by atoms with Crippen molar-refractivity contribution in [2.24, 2.45) is 10.7 Å². The molecular weight excluding hydrogens is 246 g/mol. The first-order chi connectivity index (χ1) is 8.65. The number of aliphatic imine (C=N–C) groups is 1. The lowest BCUT2D eigenvalue weighted by Crippen LogP contribution is -2.36. The minimum Gasteiger partial charge on any atom is -0.369 e. The van der Waals surface area contributed by atoms with E-state index in [0.717, 1.165) is 11.3 Å². The van der Waals surface area contributed by atoms with Gasteiger partial charge in [0, 0.05) is 5.38 Å². The maximum atomic E-state index is 11.7. The molecule has 0 saturated carbocycles. The fourth-order valence-electron chi connectivity index (χ4n) is 1.45. The van der Waals surface area contributed by atoms with Gasteiger partial charge in [-0.25, -0.2) is 4.99 Å². The predicted molar refractivity (Wildman–Crippen MR) is 74.2 cm³/mol. The number of carbonyl (C=O) groups excluding carboxylic acids is 1. The van der Waals surface area contributed by atoms with E-state index in [2.05, 4.69) is 10.3 Å². The van der Waals surface area contributed by atoms with E-state index in [0.29, 0.717) is 5.56 Å². The molecule has 0 aliphatic rings. The minimum atomic E-state index is -0.245. The van der Waals surface area contributed by atoms with Gasteiger partial charge in [-0.3, -0.25) is 10.1 Å². The molecule has 0 unspecified atom stereocenters. The quantitative estimate of drug-likeness (QED) is 0.642. The highest BCUT2D eigenvalue weighted by Gasteiger charge is 2.06. The normalized spacial score (nSPS) is 11.3. The third-order valence-electron chi connectivity index (χ3n) is 2.28. The van der Waals surface area contributed by atoms with E-state index in [1.807, 2.05) is 36.6 Å². The van der Waals surface area contributed by atoms with Gasteiger partial charge in [0.25, 0.3) is 5.91 Å². The van der Waals surface area contributed by atoms with Crippen molar-refractivity contribution in [2.45, 2.75) is 6.92 Å². The Morgan fingerprint density at radius 1 is 1.39 bits per heavy atom. The Balaban J connectivity index is 2.08. The van der Waals surface area contributed by atoms with Crippen molar-refractivity contribution >= 4 is 28.9 Å². The lowest BCUT2D eigenvalue weighted by atomic mass is 10.2. The summed E-state index contributed by atoms with van der Waals surface area (Å²) in [6.45, 7) is 1.97. The monoisotopic (exact) mass is 259 g/mol. The Hall–Kier alpha value is -2.14. The fourth-order valence-corrected chi connectivity index (χ4v) is 2.08. The molecule has 0 atom stereocenters. The zero-order chi connectivity index (χ0) is 13.0. The number of rotatable bonds is 2. The standard InChI is InChI=1S/C13H13N3OS/c1-9-3-2-4-11(7-9)15-13(14)16-12(17)10-5-6-18-8-10/h2-8H,1H3,(H3,14,15,16,17). The van der Waals surface area contributed by atoms with Gasteiger partial charge in [-0.15, -0.1) is 0 Å². The van der Waals surface area contributed by atoms with Gasteiger partial charge in [0.15, 0.2) is 0 Å². The second-order valence-corrected chi connectivity index (χ2v) is 4.58. The maximum Gasteiger partial charge on any atom is 0.258 e. The molecule has 0 fully saturated rings. The van der Waals surface area contributed by atoms with Crippen molar-refractivity contribution in [3.63, 3.8) is 0 Å². The van der Waals surface area contributed by atoms with Crippen LogP contribution in [0.15, 0.2) is 46.1 Å². The van der Waals surface area contributed by atoms with Gasteiger partial charge in [-0.05, 0) is 36.1 Å². The molecule has 2 aromatic rings. The van der Waals surface area contributed by atoms with Crippen LogP contribution in [0.5, 0.6) is 0 Å². The molecule has 0 aliphatic carbocycles. The zero-order valence-electron chi connectivity index (χ0n) is 9.88. The van der Waals surface area contributed by atoms with E-state index in [-0.39, 0.29) is 11.9 Å². The summed E-state index contributed by atoms with van der Waals surface area (Å²) in [4.78, 5) is 15.8. The van der Waals surface area contributed by atoms with E-state index in [4.69, 9.17) is 5.73 Å². The molecule has 3 N–H and O–H groups in total. The van der Waals surface area contributed by atoms with E-state index < -0.39 is 0 Å². The summed E-state index contributed by atoms with van der Waals surface area (Å²) in [6, 6.07) is 9.32. The molecule has 0 spiro atoms. The number of benzene rings is 1. The number of nitrogens with zero attached hydrogens (tertiary/aromatic N) is 1. The molecule has 1 amide bonds. The van der Waals surface area contributed by atoms with Crippen LogP contribution in [0, 0.1) is 6.92 Å². The van der Waals surface area contributed by atoms with Crippen LogP contribution in [0.25, 0.3) is 0 Å². The highest BCUT2D eigenvalue weighted by Crippen LogP contribution is 2.12. The predicted octanol–water partition coefficient (Wildman–Crippen LogP) is 2.43. The van der Waals surface area contributed by atoms with Crippen LogP contribution in [0.2, 0.25) is 0 Å². The first kappa shape index (κ1) is 12.3. The van der Waals surface area contributed by atoms with Gasteiger partial charge < -0.3 is 5.73 Å². The van der Waals surface area contributed by atoms with Gasteiger partial charge in [0.1, 0.15) is 0 Å². The van der Waals surface area contributed by atoms with Gasteiger partial charge in [0.05, 0.1) is 11.3 Å². The Morgan fingerprint density at radius 3 is 2.89 bits per heavy atom. The average molecular weight is 259 g/mol. The molecule has 1 aromatic carbocycles. The molecule has 92 valence electrons. The van der Waals surface area contributed by atoms with Crippen LogP contribution in [-0.2, 0) is 0 Å². The maximum absolute atomic E-state index is 11.7. The molecule has 5 heteroatoms. The van der Waals surface area contributed by atoms with Gasteiger partial charge >= 0.3 is 0 Å². The Bertz CT molecular complexity index is 576. The van der Waals surface area contributed by atoms with Crippen molar-refractivity contribution in [3.05, 3.63) is 52.2 Å². The third-order valence-corrected chi connectivity index (χ3v) is 2.96. The molecule has 1 aromatic heterocycles. The van der Waals surface area contributed by atoms with Crippen molar-refractivity contribution in [3.8, 4) is 0 Å². The summed E-state index contributed by atoms with van der Waals surface area (Å²) in [5, 5.41) is 6.14. The number of aryl methyl sites for hydroxylation is 1. The van der Waals surface area contributed by atoms with Crippen LogP contribution in [0.3, 0.4) is 0 Å². The summed E-state index contributed by atoms with van der Waals surface area (Å²) < 4.78 is 0. The van der Waals surface area contributed by atoms with Crippen molar-refractivity contribution < 1.29 is 4.79 Å². The summed E-state index contributed by atoms with van der Waals surface area (Å²) in [5.41, 5.74) is 8.08. The van der Waals surface area contributed by atoms with Crippen LogP contribution in [-0.4, -0.2) is 11.9 Å².